The van der Waals surface area contributed by atoms with E-state index >= 15 is 0 Å². The van der Waals surface area contributed by atoms with Crippen LogP contribution in [0.5, 0.6) is 0 Å². The number of carbonyl (C=O) groups excluding carboxylic acids is 2. The summed E-state index contributed by atoms with van der Waals surface area (Å²) in [7, 11) is 1.93. The van der Waals surface area contributed by atoms with Crippen molar-refractivity contribution >= 4 is 24.2 Å². The molecule has 25 heavy (non-hydrogen) atoms. The average molecular weight is 369 g/mol. The minimum Gasteiger partial charge on any atom is -0.354 e. The molecule has 2 aliphatic heterocycles. The van der Waals surface area contributed by atoms with Gasteiger partial charge >= 0.3 is 0 Å². The number of amides is 2. The van der Waals surface area contributed by atoms with Gasteiger partial charge in [-0.05, 0) is 57.2 Å². The normalized spacial score (nSPS) is 23.2. The number of piperidine rings is 1. The number of rotatable bonds is 4. The van der Waals surface area contributed by atoms with Crippen molar-refractivity contribution in [3.8, 4) is 0 Å². The number of aromatic nitrogens is 1. The quantitative estimate of drug-likeness (QED) is 0.845. The molecule has 3 rings (SSSR count). The second-order valence-corrected chi connectivity index (χ2v) is 7.07. The van der Waals surface area contributed by atoms with E-state index in [1.807, 2.05) is 35.6 Å². The lowest BCUT2D eigenvalue weighted by Gasteiger charge is -2.33. The van der Waals surface area contributed by atoms with Crippen molar-refractivity contribution in [2.45, 2.75) is 38.6 Å². The van der Waals surface area contributed by atoms with Crippen LogP contribution in [0.3, 0.4) is 0 Å². The van der Waals surface area contributed by atoms with Crippen LogP contribution in [0.2, 0.25) is 0 Å². The lowest BCUT2D eigenvalue weighted by atomic mass is 9.97. The summed E-state index contributed by atoms with van der Waals surface area (Å²) in [6, 6.07) is 3.84. The Morgan fingerprint density at radius 2 is 2.08 bits per heavy atom. The number of nitrogens with zero attached hydrogens (tertiary/aromatic N) is 2. The number of hydrogen-bond donors (Lipinski definition) is 2. The van der Waals surface area contributed by atoms with Gasteiger partial charge in [0, 0.05) is 32.4 Å². The number of hydrogen-bond acceptors (Lipinski definition) is 3. The first-order valence-corrected chi connectivity index (χ1v) is 8.99. The molecule has 2 aliphatic rings. The van der Waals surface area contributed by atoms with E-state index in [2.05, 4.69) is 10.6 Å². The molecule has 0 radical (unpaired) electrons. The van der Waals surface area contributed by atoms with E-state index in [9.17, 15) is 9.59 Å². The molecular weight excluding hydrogens is 340 g/mol. The standard InChI is InChI=1S/C18H28N4O2.ClH/c1-13-7-8-16(21(13)2)18(24)22-10-4-5-14(12-22)11-20-17(23)15-6-3-9-19-15;/h7-8,14-15,19H,3-6,9-12H2,1-2H3,(H,20,23);1H. The summed E-state index contributed by atoms with van der Waals surface area (Å²) in [5, 5.41) is 6.29. The molecule has 2 saturated heterocycles. The highest BCUT2D eigenvalue weighted by atomic mass is 35.5. The average Bonchev–Trinajstić information content (AvgIpc) is 3.24. The van der Waals surface area contributed by atoms with Gasteiger partial charge in [-0.15, -0.1) is 12.4 Å². The molecular formula is C18H29ClN4O2. The molecule has 2 N–H and O–H groups in total. The van der Waals surface area contributed by atoms with Crippen LogP contribution in [0.4, 0.5) is 0 Å². The monoisotopic (exact) mass is 368 g/mol. The highest BCUT2D eigenvalue weighted by molar-refractivity contribution is 5.93. The zero-order chi connectivity index (χ0) is 17.1. The maximum absolute atomic E-state index is 12.7. The predicted molar refractivity (Wildman–Crippen MR) is 100 cm³/mol. The summed E-state index contributed by atoms with van der Waals surface area (Å²) < 4.78 is 1.94. The van der Waals surface area contributed by atoms with Crippen LogP contribution in [0.1, 0.15) is 41.9 Å². The van der Waals surface area contributed by atoms with Crippen LogP contribution in [0.15, 0.2) is 12.1 Å². The maximum atomic E-state index is 12.7. The summed E-state index contributed by atoms with van der Waals surface area (Å²) in [4.78, 5) is 26.8. The molecule has 1 aromatic rings. The molecule has 3 heterocycles. The van der Waals surface area contributed by atoms with E-state index in [1.54, 1.807) is 0 Å². The van der Waals surface area contributed by atoms with Crippen molar-refractivity contribution < 1.29 is 9.59 Å². The van der Waals surface area contributed by atoms with Gasteiger partial charge in [0.05, 0.1) is 6.04 Å². The van der Waals surface area contributed by atoms with Crippen LogP contribution in [-0.2, 0) is 11.8 Å². The third-order valence-corrected chi connectivity index (χ3v) is 5.34. The highest BCUT2D eigenvalue weighted by Gasteiger charge is 2.27. The van der Waals surface area contributed by atoms with Crippen molar-refractivity contribution in [2.24, 2.45) is 13.0 Å². The molecule has 2 amide bonds. The van der Waals surface area contributed by atoms with E-state index in [1.165, 1.54) is 0 Å². The third kappa shape index (κ3) is 4.55. The molecule has 2 atom stereocenters. The number of likely N-dealkylation sites (tertiary alicyclic amines) is 1. The van der Waals surface area contributed by atoms with Crippen LogP contribution in [0, 0.1) is 12.8 Å². The molecule has 0 saturated carbocycles. The molecule has 140 valence electrons. The molecule has 2 fully saturated rings. The lowest BCUT2D eigenvalue weighted by molar-refractivity contribution is -0.123. The SMILES string of the molecule is Cc1ccc(C(=O)N2CCCC(CNC(=O)C3CCCN3)C2)n1C.Cl. The number of halogens is 1. The molecule has 0 bridgehead atoms. The first-order valence-electron chi connectivity index (χ1n) is 8.99. The van der Waals surface area contributed by atoms with Gasteiger partial charge < -0.3 is 20.1 Å². The Morgan fingerprint density at radius 3 is 2.72 bits per heavy atom. The Kier molecular flexibility index (Phi) is 6.90. The van der Waals surface area contributed by atoms with Crippen molar-refractivity contribution in [3.63, 3.8) is 0 Å². The zero-order valence-electron chi connectivity index (χ0n) is 15.1. The third-order valence-electron chi connectivity index (χ3n) is 5.34. The minimum absolute atomic E-state index is 0. The molecule has 7 heteroatoms. The first kappa shape index (κ1) is 19.8. The summed E-state index contributed by atoms with van der Waals surface area (Å²) >= 11 is 0. The van der Waals surface area contributed by atoms with E-state index in [-0.39, 0.29) is 30.3 Å². The summed E-state index contributed by atoms with van der Waals surface area (Å²) in [6.07, 6.45) is 4.06. The predicted octanol–water partition coefficient (Wildman–Crippen LogP) is 1.48. The van der Waals surface area contributed by atoms with Crippen LogP contribution >= 0.6 is 12.4 Å². The van der Waals surface area contributed by atoms with Gasteiger partial charge in [0.1, 0.15) is 5.69 Å². The second kappa shape index (κ2) is 8.72. The van der Waals surface area contributed by atoms with E-state index in [0.29, 0.717) is 12.5 Å². The van der Waals surface area contributed by atoms with Crippen LogP contribution in [0.25, 0.3) is 0 Å². The fourth-order valence-corrected chi connectivity index (χ4v) is 3.68. The van der Waals surface area contributed by atoms with Gasteiger partial charge in [-0.3, -0.25) is 9.59 Å². The Balaban J connectivity index is 0.00000225. The fourth-order valence-electron chi connectivity index (χ4n) is 3.68. The molecule has 6 nitrogen and oxygen atoms in total. The minimum atomic E-state index is -0.0299. The molecule has 0 aromatic carbocycles. The summed E-state index contributed by atoms with van der Waals surface area (Å²) in [5.41, 5.74) is 1.83. The lowest BCUT2D eigenvalue weighted by Crippen LogP contribution is -2.47. The van der Waals surface area contributed by atoms with Gasteiger partial charge in [0.2, 0.25) is 5.91 Å². The highest BCUT2D eigenvalue weighted by Crippen LogP contribution is 2.19. The maximum Gasteiger partial charge on any atom is 0.270 e. The Hall–Kier alpha value is -1.53. The Labute approximate surface area is 155 Å². The molecule has 0 spiro atoms. The van der Waals surface area contributed by atoms with E-state index < -0.39 is 0 Å². The molecule has 2 unspecified atom stereocenters. The van der Waals surface area contributed by atoms with Crippen molar-refractivity contribution in [3.05, 3.63) is 23.5 Å². The van der Waals surface area contributed by atoms with Crippen molar-refractivity contribution in [2.75, 3.05) is 26.2 Å². The smallest absolute Gasteiger partial charge is 0.270 e. The first-order chi connectivity index (χ1) is 11.6. The number of carbonyl (C=O) groups is 2. The van der Waals surface area contributed by atoms with Gasteiger partial charge in [-0.1, -0.05) is 0 Å². The topological polar surface area (TPSA) is 66.4 Å². The second-order valence-electron chi connectivity index (χ2n) is 7.07. The molecule has 0 aliphatic carbocycles. The van der Waals surface area contributed by atoms with Gasteiger partial charge in [-0.2, -0.15) is 0 Å². The molecule has 1 aromatic heterocycles. The van der Waals surface area contributed by atoms with Crippen LogP contribution in [-0.4, -0.2) is 53.5 Å². The van der Waals surface area contributed by atoms with Gasteiger partial charge in [0.25, 0.3) is 5.91 Å². The Bertz CT molecular complexity index is 610. The van der Waals surface area contributed by atoms with E-state index in [4.69, 9.17) is 0 Å². The van der Waals surface area contributed by atoms with E-state index in [0.717, 1.165) is 56.7 Å². The van der Waals surface area contributed by atoms with Gasteiger partial charge in [-0.25, -0.2) is 0 Å². The fraction of sp³-hybridized carbons (Fsp3) is 0.667. The van der Waals surface area contributed by atoms with Gasteiger partial charge in [0.15, 0.2) is 0 Å². The number of nitrogens with one attached hydrogen (secondary N) is 2. The Morgan fingerprint density at radius 1 is 1.28 bits per heavy atom. The zero-order valence-corrected chi connectivity index (χ0v) is 15.9. The summed E-state index contributed by atoms with van der Waals surface area (Å²) in [5.74, 6) is 0.544. The van der Waals surface area contributed by atoms with Crippen LogP contribution < -0.4 is 10.6 Å². The number of aryl methyl sites for hydroxylation is 1. The summed E-state index contributed by atoms with van der Waals surface area (Å²) in [6.45, 7) is 5.12. The van der Waals surface area contributed by atoms with Crippen molar-refractivity contribution in [1.82, 2.24) is 20.1 Å². The largest absolute Gasteiger partial charge is 0.354 e. The van der Waals surface area contributed by atoms with Crippen molar-refractivity contribution in [1.29, 1.82) is 0 Å².